The molecule has 31 heavy (non-hydrogen) atoms. The maximum atomic E-state index is 11.7. The Labute approximate surface area is 184 Å². The van der Waals surface area contributed by atoms with Crippen LogP contribution >= 0.6 is 0 Å². The molecule has 1 heterocycles. The molecule has 1 N–H and O–H groups in total. The molecule has 4 nitrogen and oxygen atoms in total. The number of rotatable bonds is 3. The van der Waals surface area contributed by atoms with Crippen molar-refractivity contribution >= 4 is 6.29 Å². The number of benzene rings is 2. The Morgan fingerprint density at radius 2 is 1.77 bits per heavy atom. The van der Waals surface area contributed by atoms with Crippen LogP contribution in [0, 0.1) is 24.7 Å². The quantitative estimate of drug-likeness (QED) is 0.621. The molecule has 2 aromatic carbocycles. The number of fused-ring (bicyclic) bond motifs is 3. The molecule has 2 unspecified atom stereocenters. The minimum Gasteiger partial charge on any atom is -0.392 e. The Kier molecular flexibility index (Phi) is 4.86. The summed E-state index contributed by atoms with van der Waals surface area (Å²) >= 11 is 0. The summed E-state index contributed by atoms with van der Waals surface area (Å²) < 4.78 is 2.29. The summed E-state index contributed by atoms with van der Waals surface area (Å²) in [5.74, 6) is 1.10. The van der Waals surface area contributed by atoms with E-state index in [9.17, 15) is 9.90 Å². The number of imidazole rings is 1. The van der Waals surface area contributed by atoms with Crippen LogP contribution in [0.5, 0.6) is 0 Å². The smallest absolute Gasteiger partial charge is 0.125 e. The topological polar surface area (TPSA) is 55.1 Å². The summed E-state index contributed by atoms with van der Waals surface area (Å²) in [6.07, 6.45) is 3.03. The Morgan fingerprint density at radius 1 is 1.10 bits per heavy atom. The number of aldehydes is 1. The summed E-state index contributed by atoms with van der Waals surface area (Å²) in [5.41, 5.74) is 5.74. The summed E-state index contributed by atoms with van der Waals surface area (Å²) in [7, 11) is 0. The first-order valence-electron chi connectivity index (χ1n) is 11.3. The Bertz CT molecular complexity index is 1100. The molecule has 0 saturated heterocycles. The summed E-state index contributed by atoms with van der Waals surface area (Å²) in [6, 6.07) is 19.1. The van der Waals surface area contributed by atoms with Gasteiger partial charge in [0.15, 0.2) is 0 Å². The van der Waals surface area contributed by atoms with Gasteiger partial charge in [-0.15, -0.1) is 0 Å². The lowest BCUT2D eigenvalue weighted by Crippen LogP contribution is -2.52. The molecular weight excluding hydrogens is 384 g/mol. The Balaban J connectivity index is 1.55. The molecule has 0 radical (unpaired) electrons. The van der Waals surface area contributed by atoms with Crippen LogP contribution in [0.3, 0.4) is 0 Å². The SMILES string of the molecule is Cc1nc2c(n1-c1ccc(-c3ccccc3)cc1)CC[C@H]1[C@H](C)C(O)C(C=O)C[C@]21C. The van der Waals surface area contributed by atoms with Crippen LogP contribution in [-0.4, -0.2) is 27.0 Å². The van der Waals surface area contributed by atoms with E-state index < -0.39 is 6.10 Å². The third kappa shape index (κ3) is 3.08. The fourth-order valence-corrected chi connectivity index (χ4v) is 6.29. The van der Waals surface area contributed by atoms with E-state index in [-0.39, 0.29) is 17.3 Å². The number of carbonyl (C=O) groups excluding carboxylic acids is 1. The highest BCUT2D eigenvalue weighted by molar-refractivity contribution is 5.64. The minimum absolute atomic E-state index is 0.0951. The molecular formula is C27H30N2O2. The van der Waals surface area contributed by atoms with Gasteiger partial charge in [-0.1, -0.05) is 56.3 Å². The largest absolute Gasteiger partial charge is 0.392 e. The Hall–Kier alpha value is -2.72. The molecule has 1 fully saturated rings. The number of aryl methyl sites for hydroxylation is 1. The van der Waals surface area contributed by atoms with Crippen molar-refractivity contribution in [1.82, 2.24) is 9.55 Å². The van der Waals surface area contributed by atoms with Gasteiger partial charge >= 0.3 is 0 Å². The average Bonchev–Trinajstić information content (AvgIpc) is 3.14. The van der Waals surface area contributed by atoms with Crippen molar-refractivity contribution in [3.05, 3.63) is 71.8 Å². The monoisotopic (exact) mass is 414 g/mol. The lowest BCUT2D eigenvalue weighted by molar-refractivity contribution is -0.123. The molecule has 2 aliphatic rings. The highest BCUT2D eigenvalue weighted by Gasteiger charge is 2.53. The molecule has 0 bridgehead atoms. The van der Waals surface area contributed by atoms with Crippen molar-refractivity contribution in [1.29, 1.82) is 0 Å². The minimum atomic E-state index is -0.550. The lowest BCUT2D eigenvalue weighted by atomic mass is 9.54. The molecule has 160 valence electrons. The van der Waals surface area contributed by atoms with E-state index in [0.717, 1.165) is 36.3 Å². The normalized spacial score (nSPS) is 29.8. The van der Waals surface area contributed by atoms with E-state index in [1.54, 1.807) is 0 Å². The molecule has 0 aliphatic heterocycles. The van der Waals surface area contributed by atoms with Gasteiger partial charge in [0.2, 0.25) is 0 Å². The first-order valence-corrected chi connectivity index (χ1v) is 11.3. The van der Waals surface area contributed by atoms with E-state index in [2.05, 4.69) is 73.9 Å². The standard InChI is InChI=1S/C27H30N2O2/c1-17-23-13-14-24-26(27(23,3)15-21(16-30)25(17)31)28-18(2)29(24)22-11-9-20(10-12-22)19-7-5-4-6-8-19/h4-12,16-17,21,23,25,31H,13-15H2,1-3H3/t17-,21?,23-,25?,27-/m0/s1. The second-order valence-corrected chi connectivity index (χ2v) is 9.62. The molecule has 1 aromatic heterocycles. The highest BCUT2D eigenvalue weighted by Crippen LogP contribution is 2.53. The van der Waals surface area contributed by atoms with E-state index >= 15 is 0 Å². The van der Waals surface area contributed by atoms with E-state index in [1.807, 2.05) is 6.07 Å². The van der Waals surface area contributed by atoms with Gasteiger partial charge in [-0.05, 0) is 61.3 Å². The molecule has 0 spiro atoms. The maximum Gasteiger partial charge on any atom is 0.125 e. The number of aromatic nitrogens is 2. The van der Waals surface area contributed by atoms with Crippen LogP contribution < -0.4 is 0 Å². The van der Waals surface area contributed by atoms with Crippen molar-refractivity contribution in [2.24, 2.45) is 17.8 Å². The zero-order chi connectivity index (χ0) is 21.8. The van der Waals surface area contributed by atoms with Gasteiger partial charge < -0.3 is 14.5 Å². The number of hydrogen-bond acceptors (Lipinski definition) is 3. The van der Waals surface area contributed by atoms with Crippen molar-refractivity contribution < 1.29 is 9.90 Å². The van der Waals surface area contributed by atoms with Crippen LogP contribution in [0.1, 0.15) is 43.9 Å². The predicted molar refractivity (Wildman–Crippen MR) is 122 cm³/mol. The van der Waals surface area contributed by atoms with E-state index in [0.29, 0.717) is 12.3 Å². The number of carbonyl (C=O) groups is 1. The number of aliphatic hydroxyl groups excluding tert-OH is 1. The second-order valence-electron chi connectivity index (χ2n) is 9.62. The molecule has 2 aliphatic carbocycles. The molecule has 4 heteroatoms. The summed E-state index contributed by atoms with van der Waals surface area (Å²) in [6.45, 7) is 6.42. The zero-order valence-corrected chi connectivity index (χ0v) is 18.5. The summed E-state index contributed by atoms with van der Waals surface area (Å²) in [5, 5.41) is 10.6. The predicted octanol–water partition coefficient (Wildman–Crippen LogP) is 4.88. The fourth-order valence-electron chi connectivity index (χ4n) is 6.29. The van der Waals surface area contributed by atoms with E-state index in [1.165, 1.54) is 16.8 Å². The van der Waals surface area contributed by atoms with Crippen LogP contribution in [0.15, 0.2) is 54.6 Å². The number of aliphatic hydroxyl groups is 1. The fraction of sp³-hybridized carbons (Fsp3) is 0.407. The van der Waals surface area contributed by atoms with Gasteiger partial charge in [0.25, 0.3) is 0 Å². The molecule has 5 rings (SSSR count). The van der Waals surface area contributed by atoms with Gasteiger partial charge in [0.05, 0.1) is 11.8 Å². The van der Waals surface area contributed by atoms with Crippen LogP contribution in [0.25, 0.3) is 16.8 Å². The van der Waals surface area contributed by atoms with Gasteiger partial charge in [0, 0.05) is 22.7 Å². The zero-order valence-electron chi connectivity index (χ0n) is 18.5. The lowest BCUT2D eigenvalue weighted by Gasteiger charge is -2.51. The van der Waals surface area contributed by atoms with Gasteiger partial charge in [-0.3, -0.25) is 0 Å². The van der Waals surface area contributed by atoms with Crippen molar-refractivity contribution in [3.8, 4) is 16.8 Å². The third-order valence-electron chi connectivity index (χ3n) is 7.87. The molecule has 1 saturated carbocycles. The van der Waals surface area contributed by atoms with Crippen LogP contribution in [-0.2, 0) is 16.6 Å². The van der Waals surface area contributed by atoms with Gasteiger partial charge in [0.1, 0.15) is 12.1 Å². The van der Waals surface area contributed by atoms with Gasteiger partial charge in [-0.25, -0.2) is 4.98 Å². The maximum absolute atomic E-state index is 11.7. The third-order valence-corrected chi connectivity index (χ3v) is 7.87. The molecule has 5 atom stereocenters. The van der Waals surface area contributed by atoms with Crippen LogP contribution in [0.2, 0.25) is 0 Å². The molecule has 3 aromatic rings. The summed E-state index contributed by atoms with van der Waals surface area (Å²) in [4.78, 5) is 16.8. The molecule has 0 amide bonds. The number of hydrogen-bond donors (Lipinski definition) is 1. The van der Waals surface area contributed by atoms with Crippen molar-refractivity contribution in [3.63, 3.8) is 0 Å². The number of nitrogens with zero attached hydrogens (tertiary/aromatic N) is 2. The average molecular weight is 415 g/mol. The van der Waals surface area contributed by atoms with Crippen molar-refractivity contribution in [2.75, 3.05) is 0 Å². The second kappa shape index (κ2) is 7.45. The van der Waals surface area contributed by atoms with Gasteiger partial charge in [-0.2, -0.15) is 0 Å². The van der Waals surface area contributed by atoms with Crippen LogP contribution in [0.4, 0.5) is 0 Å². The highest BCUT2D eigenvalue weighted by atomic mass is 16.3. The Morgan fingerprint density at radius 3 is 2.45 bits per heavy atom. The van der Waals surface area contributed by atoms with Crippen molar-refractivity contribution in [2.45, 2.75) is 51.6 Å². The first-order chi connectivity index (χ1) is 14.9. The first kappa shape index (κ1) is 20.2. The van der Waals surface area contributed by atoms with E-state index in [4.69, 9.17) is 4.98 Å².